The highest BCUT2D eigenvalue weighted by Crippen LogP contribution is 2.32. The number of halogens is 8. The number of carbonyl (C=O) groups is 10. The Hall–Kier alpha value is -8.60. The Bertz CT molecular complexity index is 3250. The van der Waals surface area contributed by atoms with Crippen molar-refractivity contribution in [2.24, 2.45) is 11.8 Å². The van der Waals surface area contributed by atoms with Crippen LogP contribution in [0.4, 0.5) is 44.7 Å². The lowest BCUT2D eigenvalue weighted by molar-refractivity contribution is -0.174. The molecule has 0 saturated heterocycles. The van der Waals surface area contributed by atoms with Crippen molar-refractivity contribution < 1.29 is 121 Å². The van der Waals surface area contributed by atoms with Crippen LogP contribution in [0.15, 0.2) is 78.9 Å². The Morgan fingerprint density at radius 3 is 1.01 bits per heavy atom. The van der Waals surface area contributed by atoms with Crippen LogP contribution >= 0.6 is 0 Å². The third-order valence-corrected chi connectivity index (χ3v) is 14.7. The third-order valence-electron chi connectivity index (χ3n) is 14.7. The van der Waals surface area contributed by atoms with Gasteiger partial charge < -0.3 is 48.1 Å². The Kier molecular flexibility index (Phi) is 32.7. The number of rotatable bonds is 30. The molecule has 0 aromatic heterocycles. The van der Waals surface area contributed by atoms with E-state index in [9.17, 15) is 83.8 Å². The summed E-state index contributed by atoms with van der Waals surface area (Å²) in [5, 5.41) is 9.19. The van der Waals surface area contributed by atoms with E-state index in [0.29, 0.717) is 5.56 Å². The van der Waals surface area contributed by atoms with E-state index in [4.69, 9.17) is 33.2 Å². The molecule has 101 heavy (non-hydrogen) atoms. The van der Waals surface area contributed by atoms with E-state index >= 15 is 4.39 Å². The number of hydrogen-bond acceptors (Lipinski definition) is 17. The highest BCUT2D eigenvalue weighted by atomic mass is 19.4. The molecule has 0 saturated carbocycles. The topological polar surface area (TPSA) is 268 Å². The predicted molar refractivity (Wildman–Crippen MR) is 352 cm³/mol. The van der Waals surface area contributed by atoms with Gasteiger partial charge in [0.15, 0.2) is 24.4 Å². The van der Waals surface area contributed by atoms with Crippen molar-refractivity contribution in [3.05, 3.63) is 107 Å². The number of nitrogens with zero attached hydrogens (tertiary/aromatic N) is 4. The standard InChI is InChI=1S/C39H52F4N2O9.C32H46F4N2O9/c1-24(2)20-29(34(48)52-25(3)33(47)51-23-27-14-12-11-13-15-27)44(9)32(46)31(21-26-16-18-28(19-17-26)39(41,42)43)53-35(49)30(22-38(7,8)40)45(10)36(50)54-37(4,5)6;1-18(2)15-22(27(42)45-19(3)26(40)41)37(9)25(39)24(16-20-11-13-21(14-12-20)32(34,35)36)46-28(43)23(17-31(7,8)33)38(10)29(44)47-30(4,5)6/h11-19,24-25,29-31H,20-23H2,1-10H3;11-14,18-19,22-24H,15-17H2,1-10H3,(H,40,41)/t25-,29+,30+,31-;19-,22+,23+,24-/m11/s1. The van der Waals surface area contributed by atoms with Crippen LogP contribution in [0.5, 0.6) is 0 Å². The van der Waals surface area contributed by atoms with Crippen LogP contribution in [0.1, 0.15) is 164 Å². The quantitative estimate of drug-likeness (QED) is 0.0369. The minimum atomic E-state index is -4.64. The number of esters is 5. The summed E-state index contributed by atoms with van der Waals surface area (Å²) >= 11 is 0. The number of likely N-dealkylation sites (N-methyl/N-ethyl adjacent to an activating group) is 4. The molecule has 0 bridgehead atoms. The summed E-state index contributed by atoms with van der Waals surface area (Å²) in [6.45, 7) is 23.5. The third kappa shape index (κ3) is 31.5. The zero-order chi connectivity index (χ0) is 77.8. The van der Waals surface area contributed by atoms with Crippen LogP contribution in [-0.4, -0.2) is 184 Å². The fraction of sp³-hybridized carbons (Fsp3) is 0.606. The number of benzene rings is 3. The summed E-state index contributed by atoms with van der Waals surface area (Å²) in [6, 6.07) is 10.5. The van der Waals surface area contributed by atoms with Crippen LogP contribution in [0.2, 0.25) is 0 Å². The summed E-state index contributed by atoms with van der Waals surface area (Å²) < 4.78 is 147. The van der Waals surface area contributed by atoms with Crippen molar-refractivity contribution in [1.82, 2.24) is 19.6 Å². The second kappa shape index (κ2) is 37.4. The van der Waals surface area contributed by atoms with Crippen molar-refractivity contribution in [2.75, 3.05) is 28.2 Å². The molecule has 566 valence electrons. The molecule has 4 amide bonds. The summed E-state index contributed by atoms with van der Waals surface area (Å²) in [4.78, 5) is 135. The van der Waals surface area contributed by atoms with E-state index in [0.717, 1.165) is 88.9 Å². The average molecular weight is 1450 g/mol. The Morgan fingerprint density at radius 2 is 0.723 bits per heavy atom. The molecule has 30 heteroatoms. The summed E-state index contributed by atoms with van der Waals surface area (Å²) in [5.41, 5.74) is -6.91. The molecule has 0 spiro atoms. The van der Waals surface area contributed by atoms with Crippen LogP contribution in [0, 0.1) is 11.8 Å². The van der Waals surface area contributed by atoms with Gasteiger partial charge in [-0.05, 0) is 149 Å². The molecule has 1 N–H and O–H groups in total. The molecule has 3 rings (SSSR count). The van der Waals surface area contributed by atoms with E-state index in [1.165, 1.54) is 49.0 Å². The van der Waals surface area contributed by atoms with Crippen molar-refractivity contribution >= 4 is 59.8 Å². The number of aliphatic carboxylic acids is 1. The van der Waals surface area contributed by atoms with Gasteiger partial charge in [0.05, 0.1) is 11.1 Å². The first kappa shape index (κ1) is 88.5. The number of carboxylic acids is 1. The molecular formula is C71H98F8N4O18. The molecule has 0 aliphatic heterocycles. The van der Waals surface area contributed by atoms with Crippen molar-refractivity contribution in [1.29, 1.82) is 0 Å². The molecule has 22 nitrogen and oxygen atoms in total. The van der Waals surface area contributed by atoms with E-state index in [1.807, 2.05) is 0 Å². The molecular weight excluding hydrogens is 1350 g/mol. The lowest BCUT2D eigenvalue weighted by Gasteiger charge is -2.34. The first-order valence-corrected chi connectivity index (χ1v) is 32.4. The van der Waals surface area contributed by atoms with Gasteiger partial charge >= 0.3 is 60.4 Å². The average Bonchev–Trinajstić information content (AvgIpc) is 0.823. The largest absolute Gasteiger partial charge is 0.479 e. The number of carboxylic acid groups (broad SMARTS) is 1. The van der Waals surface area contributed by atoms with Gasteiger partial charge in [0.2, 0.25) is 0 Å². The zero-order valence-corrected chi connectivity index (χ0v) is 60.9. The van der Waals surface area contributed by atoms with Gasteiger partial charge in [-0.2, -0.15) is 26.3 Å². The highest BCUT2D eigenvalue weighted by molar-refractivity contribution is 5.92. The molecule has 0 heterocycles. The highest BCUT2D eigenvalue weighted by Gasteiger charge is 2.44. The van der Waals surface area contributed by atoms with Gasteiger partial charge in [0.1, 0.15) is 53.3 Å². The monoisotopic (exact) mass is 1450 g/mol. The first-order chi connectivity index (χ1) is 46.0. The van der Waals surface area contributed by atoms with Crippen LogP contribution < -0.4 is 0 Å². The maximum Gasteiger partial charge on any atom is 0.416 e. The van der Waals surface area contributed by atoms with Crippen LogP contribution in [0.3, 0.4) is 0 Å². The van der Waals surface area contributed by atoms with E-state index < -0.39 is 180 Å². The molecule has 3 aromatic rings. The lowest BCUT2D eigenvalue weighted by Crippen LogP contribution is -2.52. The summed E-state index contributed by atoms with van der Waals surface area (Å²) in [7, 11) is 4.83. The number of hydrogen-bond donors (Lipinski definition) is 1. The number of alkyl halides is 8. The summed E-state index contributed by atoms with van der Waals surface area (Å²) in [5.74, 6) is -9.06. The second-order valence-corrected chi connectivity index (χ2v) is 28.5. The smallest absolute Gasteiger partial charge is 0.416 e. The van der Waals surface area contributed by atoms with Gasteiger partial charge in [-0.25, -0.2) is 47.1 Å². The molecule has 0 fully saturated rings. The molecule has 8 atom stereocenters. The van der Waals surface area contributed by atoms with Gasteiger partial charge in [0.25, 0.3) is 11.8 Å². The van der Waals surface area contributed by atoms with Crippen molar-refractivity contribution in [2.45, 2.75) is 239 Å². The van der Waals surface area contributed by atoms with Crippen molar-refractivity contribution in [3.8, 4) is 0 Å². The van der Waals surface area contributed by atoms with E-state index in [-0.39, 0.29) is 42.4 Å². The first-order valence-electron chi connectivity index (χ1n) is 32.4. The Labute approximate surface area is 584 Å². The van der Waals surface area contributed by atoms with Crippen LogP contribution in [0.25, 0.3) is 0 Å². The van der Waals surface area contributed by atoms with E-state index in [2.05, 4.69) is 0 Å². The molecule has 0 aliphatic rings. The summed E-state index contributed by atoms with van der Waals surface area (Å²) in [6.07, 6.45) is -19.7. The minimum Gasteiger partial charge on any atom is -0.479 e. The van der Waals surface area contributed by atoms with E-state index in [1.54, 1.807) is 99.6 Å². The van der Waals surface area contributed by atoms with Gasteiger partial charge in [-0.1, -0.05) is 82.3 Å². The second-order valence-electron chi connectivity index (χ2n) is 28.5. The van der Waals surface area contributed by atoms with Gasteiger partial charge in [0, 0.05) is 53.9 Å². The van der Waals surface area contributed by atoms with Gasteiger partial charge in [-0.3, -0.25) is 19.4 Å². The zero-order valence-electron chi connectivity index (χ0n) is 60.9. The Balaban J connectivity index is 0.000000694. The predicted octanol–water partition coefficient (Wildman–Crippen LogP) is 12.5. The molecule has 3 aromatic carbocycles. The fourth-order valence-electron chi connectivity index (χ4n) is 9.41. The molecule has 0 radical (unpaired) electrons. The molecule has 0 aliphatic carbocycles. The Morgan fingerprint density at radius 1 is 0.406 bits per heavy atom. The lowest BCUT2D eigenvalue weighted by atomic mass is 9.99. The maximum absolute atomic E-state index is 15.0. The number of ether oxygens (including phenoxy) is 7. The normalized spacial score (nSPS) is 14.5. The fourth-order valence-corrected chi connectivity index (χ4v) is 9.41. The van der Waals surface area contributed by atoms with Gasteiger partial charge in [-0.15, -0.1) is 0 Å². The number of carbonyl (C=O) groups excluding carboxylic acids is 9. The SMILES string of the molecule is CC(C)C[C@@H](C(=O)O[C@H](C)C(=O)O)N(C)C(=O)[C@@H](Cc1ccc(C(F)(F)F)cc1)OC(=O)[C@H](CC(C)(C)F)N(C)C(=O)OC(C)(C)C.CC(C)C[C@@H](C(=O)O[C@H](C)C(=O)OCc1ccccc1)N(C)C(=O)[C@@H](Cc1ccc(C(F)(F)F)cc1)OC(=O)[C@H](CC(C)(C)F)N(C)C(=O)OC(C)(C)C. The maximum atomic E-state index is 15.0. The number of amides is 4. The van der Waals surface area contributed by atoms with Crippen LogP contribution in [-0.2, 0) is 103 Å². The van der Waals surface area contributed by atoms with Crippen molar-refractivity contribution in [3.63, 3.8) is 0 Å². The minimum absolute atomic E-state index is 0.00834. The molecule has 0 unspecified atom stereocenters.